The van der Waals surface area contributed by atoms with Crippen LogP contribution >= 0.6 is 11.6 Å². The zero-order chi connectivity index (χ0) is 23.4. The number of H-pyrrole nitrogens is 1. The first-order chi connectivity index (χ1) is 16.0. The molecule has 0 radical (unpaired) electrons. The van der Waals surface area contributed by atoms with E-state index in [0.29, 0.717) is 30.0 Å². The van der Waals surface area contributed by atoms with E-state index in [1.54, 1.807) is 4.57 Å². The molecule has 4 aromatic rings. The molecule has 4 rings (SSSR count). The van der Waals surface area contributed by atoms with Gasteiger partial charge in [-0.3, -0.25) is 9.13 Å². The molecule has 0 unspecified atom stereocenters. The van der Waals surface area contributed by atoms with E-state index < -0.39 is 0 Å². The number of hydrogen-bond donors (Lipinski definition) is 1. The summed E-state index contributed by atoms with van der Waals surface area (Å²) in [6.07, 6.45) is 2.64. The molecule has 0 saturated carbocycles. The Morgan fingerprint density at radius 1 is 1.03 bits per heavy atom. The molecule has 0 saturated heterocycles. The summed E-state index contributed by atoms with van der Waals surface area (Å²) in [5.41, 5.74) is 4.97. The summed E-state index contributed by atoms with van der Waals surface area (Å²) in [5.74, 6) is 1.17. The molecule has 0 bridgehead atoms. The first kappa shape index (κ1) is 23.0. The zero-order valence-electron chi connectivity index (χ0n) is 19.3. The maximum Gasteiger partial charge on any atom is 0.329 e. The summed E-state index contributed by atoms with van der Waals surface area (Å²) in [6, 6.07) is 16.3. The molecule has 0 aliphatic heterocycles. The molecule has 2 heterocycles. The quantitative estimate of drug-likeness (QED) is 0.369. The molecule has 0 spiro atoms. The molecular weight excluding hydrogens is 436 g/mol. The van der Waals surface area contributed by atoms with E-state index in [9.17, 15) is 4.79 Å². The lowest BCUT2D eigenvalue weighted by Gasteiger charge is -2.11. The van der Waals surface area contributed by atoms with Crippen LogP contribution in [0, 0.1) is 5.92 Å². The van der Waals surface area contributed by atoms with Gasteiger partial charge in [-0.15, -0.1) is 5.10 Å². The maximum absolute atomic E-state index is 13.1. The van der Waals surface area contributed by atoms with Gasteiger partial charge in [-0.1, -0.05) is 80.9 Å². The van der Waals surface area contributed by atoms with Gasteiger partial charge in [-0.2, -0.15) is 0 Å². The van der Waals surface area contributed by atoms with E-state index in [-0.39, 0.29) is 5.69 Å². The number of nitrogens with zero attached hydrogens (tertiary/aromatic N) is 5. The van der Waals surface area contributed by atoms with Crippen molar-refractivity contribution in [3.05, 3.63) is 75.4 Å². The highest BCUT2D eigenvalue weighted by Gasteiger charge is 2.18. The number of hydrogen-bond acceptors (Lipinski definition) is 4. The van der Waals surface area contributed by atoms with Gasteiger partial charge in [0.1, 0.15) is 5.15 Å². The van der Waals surface area contributed by atoms with Crippen LogP contribution in [0.15, 0.2) is 53.3 Å². The van der Waals surface area contributed by atoms with E-state index in [1.807, 2.05) is 28.8 Å². The van der Waals surface area contributed by atoms with Crippen LogP contribution in [-0.2, 0) is 19.5 Å². The number of nitrogens with one attached hydrogen (secondary N) is 1. The Kier molecular flexibility index (Phi) is 7.08. The third kappa shape index (κ3) is 4.93. The van der Waals surface area contributed by atoms with E-state index in [1.165, 1.54) is 0 Å². The summed E-state index contributed by atoms with van der Waals surface area (Å²) in [4.78, 5) is 13.1. The minimum Gasteiger partial charge on any atom is -0.290 e. The molecule has 2 aromatic carbocycles. The summed E-state index contributed by atoms with van der Waals surface area (Å²) in [5, 5.41) is 14.8. The van der Waals surface area contributed by atoms with Gasteiger partial charge >= 0.3 is 5.69 Å². The Hall–Kier alpha value is -3.19. The fourth-order valence-corrected chi connectivity index (χ4v) is 4.40. The molecule has 0 aliphatic rings. The molecule has 8 heteroatoms. The predicted molar refractivity (Wildman–Crippen MR) is 131 cm³/mol. The Morgan fingerprint density at radius 3 is 2.39 bits per heavy atom. The van der Waals surface area contributed by atoms with Crippen molar-refractivity contribution in [3.63, 3.8) is 0 Å². The van der Waals surface area contributed by atoms with Gasteiger partial charge in [0.15, 0.2) is 5.82 Å². The van der Waals surface area contributed by atoms with Gasteiger partial charge in [-0.05, 0) is 52.3 Å². The predicted octanol–water partition coefficient (Wildman–Crippen LogP) is 5.20. The van der Waals surface area contributed by atoms with Gasteiger partial charge in [0.2, 0.25) is 0 Å². The summed E-state index contributed by atoms with van der Waals surface area (Å²) in [7, 11) is 0. The fraction of sp³-hybridized carbons (Fsp3) is 0.360. The topological polar surface area (TPSA) is 81.4 Å². The fourth-order valence-electron chi connectivity index (χ4n) is 4.04. The Bertz CT molecular complexity index is 1260. The van der Waals surface area contributed by atoms with Crippen LogP contribution in [-0.4, -0.2) is 29.8 Å². The van der Waals surface area contributed by atoms with Crippen molar-refractivity contribution in [2.75, 3.05) is 0 Å². The van der Waals surface area contributed by atoms with E-state index in [0.717, 1.165) is 47.2 Å². The van der Waals surface area contributed by atoms with Crippen molar-refractivity contribution < 1.29 is 0 Å². The minimum absolute atomic E-state index is 0.0344. The highest BCUT2D eigenvalue weighted by atomic mass is 35.5. The number of tetrazole rings is 1. The van der Waals surface area contributed by atoms with Crippen LogP contribution < -0.4 is 5.69 Å². The highest BCUT2D eigenvalue weighted by Crippen LogP contribution is 2.30. The lowest BCUT2D eigenvalue weighted by molar-refractivity contribution is 0.564. The van der Waals surface area contributed by atoms with Crippen LogP contribution in [0.25, 0.3) is 22.5 Å². The van der Waals surface area contributed by atoms with Gasteiger partial charge in [0.05, 0.1) is 12.2 Å². The van der Waals surface area contributed by atoms with Crippen molar-refractivity contribution in [2.45, 2.75) is 53.1 Å². The second-order valence-corrected chi connectivity index (χ2v) is 9.04. The second kappa shape index (κ2) is 10.2. The number of halogens is 1. The van der Waals surface area contributed by atoms with Crippen LogP contribution in [0.1, 0.15) is 44.9 Å². The van der Waals surface area contributed by atoms with Gasteiger partial charge in [0.25, 0.3) is 0 Å². The highest BCUT2D eigenvalue weighted by molar-refractivity contribution is 6.30. The molecule has 0 fully saturated rings. The molecule has 7 nitrogen and oxygen atoms in total. The average molecular weight is 465 g/mol. The van der Waals surface area contributed by atoms with Crippen LogP contribution in [0.4, 0.5) is 0 Å². The van der Waals surface area contributed by atoms with Crippen LogP contribution in [0.3, 0.4) is 0 Å². The van der Waals surface area contributed by atoms with Crippen LogP contribution in [0.5, 0.6) is 0 Å². The second-order valence-electron chi connectivity index (χ2n) is 8.68. The van der Waals surface area contributed by atoms with Crippen molar-refractivity contribution in [1.82, 2.24) is 29.8 Å². The lowest BCUT2D eigenvalue weighted by atomic mass is 9.98. The number of aromatic amines is 1. The smallest absolute Gasteiger partial charge is 0.290 e. The Morgan fingerprint density at radius 2 is 1.76 bits per heavy atom. The molecule has 0 atom stereocenters. The molecular formula is C25H29ClN6O. The standard InChI is InChI=1S/C25H29ClN6O/c1-4-15-31-23(26)22(14-9-17(2)3)32(25(31)33)16-18-10-12-19(13-11-18)20-7-5-6-8-21(20)24-27-29-30-28-24/h5-8,10-13,17H,4,9,14-16H2,1-3H3,(H,27,28,29,30). The monoisotopic (exact) mass is 464 g/mol. The van der Waals surface area contributed by atoms with Gasteiger partial charge in [0, 0.05) is 12.1 Å². The first-order valence-corrected chi connectivity index (χ1v) is 11.8. The van der Waals surface area contributed by atoms with E-state index >= 15 is 0 Å². The number of imidazole rings is 1. The minimum atomic E-state index is -0.0344. The maximum atomic E-state index is 13.1. The van der Waals surface area contributed by atoms with Gasteiger partial charge in [-0.25, -0.2) is 9.89 Å². The van der Waals surface area contributed by atoms with Crippen molar-refractivity contribution in [3.8, 4) is 22.5 Å². The number of benzene rings is 2. The number of rotatable bonds is 9. The van der Waals surface area contributed by atoms with Crippen molar-refractivity contribution in [2.24, 2.45) is 5.92 Å². The molecule has 0 aliphatic carbocycles. The summed E-state index contributed by atoms with van der Waals surface area (Å²) >= 11 is 6.66. The largest absolute Gasteiger partial charge is 0.329 e. The van der Waals surface area contributed by atoms with E-state index in [2.05, 4.69) is 65.7 Å². The SMILES string of the molecule is CCCn1c(Cl)c(CCC(C)C)n(Cc2ccc(-c3ccccc3-c3nnn[nH]3)cc2)c1=O. The summed E-state index contributed by atoms with van der Waals surface area (Å²) in [6.45, 7) is 7.55. The van der Waals surface area contributed by atoms with Crippen molar-refractivity contribution in [1.29, 1.82) is 0 Å². The normalized spacial score (nSPS) is 11.4. The van der Waals surface area contributed by atoms with Crippen molar-refractivity contribution >= 4 is 11.6 Å². The Labute approximate surface area is 198 Å². The van der Waals surface area contributed by atoms with Gasteiger partial charge < -0.3 is 0 Å². The number of aromatic nitrogens is 6. The molecule has 1 N–H and O–H groups in total. The molecule has 2 aromatic heterocycles. The Balaban J connectivity index is 1.64. The first-order valence-electron chi connectivity index (χ1n) is 11.4. The molecule has 33 heavy (non-hydrogen) atoms. The van der Waals surface area contributed by atoms with Crippen LogP contribution in [0.2, 0.25) is 5.15 Å². The third-order valence-electron chi connectivity index (χ3n) is 5.80. The zero-order valence-corrected chi connectivity index (χ0v) is 20.0. The molecule has 172 valence electrons. The van der Waals surface area contributed by atoms with E-state index in [4.69, 9.17) is 11.6 Å². The average Bonchev–Trinajstić information content (AvgIpc) is 3.43. The summed E-state index contributed by atoms with van der Waals surface area (Å²) < 4.78 is 3.54. The third-order valence-corrected chi connectivity index (χ3v) is 6.22. The lowest BCUT2D eigenvalue weighted by Crippen LogP contribution is -2.25. The molecule has 0 amide bonds.